The van der Waals surface area contributed by atoms with Gasteiger partial charge in [-0.05, 0) is 44.2 Å². The summed E-state index contributed by atoms with van der Waals surface area (Å²) in [6.45, 7) is 3.94. The zero-order valence-electron chi connectivity index (χ0n) is 26.0. The largest absolute Gasteiger partial charge is 0.368 e. The van der Waals surface area contributed by atoms with Crippen molar-refractivity contribution in [1.82, 2.24) is 30.9 Å². The number of carbonyl (C=O) groups excluding carboxylic acids is 6. The van der Waals surface area contributed by atoms with Gasteiger partial charge in [0, 0.05) is 26.2 Å². The summed E-state index contributed by atoms with van der Waals surface area (Å²) in [7, 11) is 0. The van der Waals surface area contributed by atoms with Crippen molar-refractivity contribution in [2.24, 2.45) is 5.73 Å². The molecule has 2 aromatic rings. The van der Waals surface area contributed by atoms with Gasteiger partial charge in [0.2, 0.25) is 11.8 Å². The maximum Gasteiger partial charge on any atom is 0.318 e. The van der Waals surface area contributed by atoms with Crippen LogP contribution in [0.5, 0.6) is 0 Å². The molecule has 2 heterocycles. The Morgan fingerprint density at radius 3 is 1.85 bits per heavy atom. The number of ether oxygens (including phenoxy) is 1. The van der Waals surface area contributed by atoms with Crippen LogP contribution in [-0.4, -0.2) is 94.3 Å². The minimum absolute atomic E-state index is 0.269. The van der Waals surface area contributed by atoms with Gasteiger partial charge in [-0.3, -0.25) is 29.4 Å². The summed E-state index contributed by atoms with van der Waals surface area (Å²) < 4.78 is 5.48. The zero-order valence-corrected chi connectivity index (χ0v) is 26.0. The highest BCUT2D eigenvalue weighted by molar-refractivity contribution is 5.98. The number of piperidine rings is 1. The molecule has 4 rings (SSSR count). The molecule has 0 radical (unpaired) electrons. The van der Waals surface area contributed by atoms with Crippen molar-refractivity contribution in [2.75, 3.05) is 19.6 Å². The predicted molar refractivity (Wildman–Crippen MR) is 166 cm³/mol. The van der Waals surface area contributed by atoms with E-state index in [4.69, 9.17) is 10.5 Å². The Morgan fingerprint density at radius 1 is 0.783 bits per heavy atom. The number of hydrogen-bond donors (Lipinski definition) is 4. The lowest BCUT2D eigenvalue weighted by Crippen LogP contribution is -2.58. The molecule has 0 bridgehead atoms. The number of rotatable bonds is 12. The first-order chi connectivity index (χ1) is 22.0. The van der Waals surface area contributed by atoms with Crippen LogP contribution < -0.4 is 21.8 Å². The van der Waals surface area contributed by atoms with Gasteiger partial charge in [-0.25, -0.2) is 9.80 Å². The Kier molecular flexibility index (Phi) is 11.7. The van der Waals surface area contributed by atoms with Crippen LogP contribution in [0.2, 0.25) is 0 Å². The van der Waals surface area contributed by atoms with Gasteiger partial charge in [-0.1, -0.05) is 60.7 Å². The standard InChI is InChI=1S/C32H41N7O7/c1-21(35-32(45)37-16-10-5-11-17-37)28(41)34-22(2)29(42)36-39(20-25(33)40)31(44)27-26(46-27)30(43)38(18-23-12-6-3-7-13-23)19-24-14-8-4-9-15-24/h3-4,6-9,12-15,21-22,26-27H,5,10-11,16-20H2,1-2H3,(H2,33,40)(H,34,41)(H,35,45)(H,36,42)/t21-,22+,26+,27+/m1/s1. The van der Waals surface area contributed by atoms with E-state index in [9.17, 15) is 28.8 Å². The molecule has 246 valence electrons. The second-order valence-electron chi connectivity index (χ2n) is 11.5. The minimum Gasteiger partial charge on any atom is -0.368 e. The maximum absolute atomic E-state index is 13.5. The minimum atomic E-state index is -1.25. The molecule has 14 nitrogen and oxygen atoms in total. The van der Waals surface area contributed by atoms with Crippen molar-refractivity contribution in [3.8, 4) is 0 Å². The third-order valence-electron chi connectivity index (χ3n) is 7.68. The van der Waals surface area contributed by atoms with Crippen molar-refractivity contribution >= 4 is 35.6 Å². The predicted octanol–water partition coefficient (Wildman–Crippen LogP) is 0.417. The molecule has 5 N–H and O–H groups in total. The number of amides is 7. The van der Waals surface area contributed by atoms with Crippen molar-refractivity contribution < 1.29 is 33.5 Å². The maximum atomic E-state index is 13.5. The SMILES string of the molecule is C[C@H](NC(=O)[C@@H](C)NC(=O)N1CCCCC1)C(=O)NN(CC(N)=O)C(=O)[C@H]1O[C@@H]1C(=O)N(Cc1ccccc1)Cc1ccccc1. The van der Waals surface area contributed by atoms with Gasteiger partial charge >= 0.3 is 6.03 Å². The van der Waals surface area contributed by atoms with E-state index >= 15 is 0 Å². The fourth-order valence-electron chi connectivity index (χ4n) is 5.04. The Balaban J connectivity index is 1.35. The van der Waals surface area contributed by atoms with Crippen molar-refractivity contribution in [3.05, 3.63) is 71.8 Å². The summed E-state index contributed by atoms with van der Waals surface area (Å²) in [5.74, 6) is -3.63. The van der Waals surface area contributed by atoms with Gasteiger partial charge < -0.3 is 30.9 Å². The highest BCUT2D eigenvalue weighted by Crippen LogP contribution is 2.28. The van der Waals surface area contributed by atoms with Crippen molar-refractivity contribution in [1.29, 1.82) is 0 Å². The molecule has 0 saturated carbocycles. The zero-order chi connectivity index (χ0) is 33.2. The van der Waals surface area contributed by atoms with Crippen molar-refractivity contribution in [2.45, 2.75) is 70.5 Å². The summed E-state index contributed by atoms with van der Waals surface area (Å²) >= 11 is 0. The van der Waals surface area contributed by atoms with Gasteiger partial charge in [0.25, 0.3) is 17.7 Å². The number of nitrogens with two attached hydrogens (primary N) is 1. The molecule has 0 unspecified atom stereocenters. The van der Waals surface area contributed by atoms with Crippen LogP contribution in [0.4, 0.5) is 4.79 Å². The number of likely N-dealkylation sites (tertiary alicyclic amines) is 1. The van der Waals surface area contributed by atoms with Crippen LogP contribution in [0, 0.1) is 0 Å². The number of urea groups is 1. The number of nitrogens with one attached hydrogen (secondary N) is 3. The Labute approximate surface area is 267 Å². The summed E-state index contributed by atoms with van der Waals surface area (Å²) in [5.41, 5.74) is 9.40. The average molecular weight is 636 g/mol. The van der Waals surface area contributed by atoms with E-state index in [-0.39, 0.29) is 19.1 Å². The molecule has 2 aromatic carbocycles. The lowest BCUT2D eigenvalue weighted by molar-refractivity contribution is -0.145. The first-order valence-corrected chi connectivity index (χ1v) is 15.3. The molecule has 14 heteroatoms. The van der Waals surface area contributed by atoms with E-state index in [1.807, 2.05) is 60.7 Å². The molecule has 46 heavy (non-hydrogen) atoms. The second-order valence-corrected chi connectivity index (χ2v) is 11.5. The molecule has 2 aliphatic rings. The van der Waals surface area contributed by atoms with E-state index in [0.717, 1.165) is 30.4 Å². The van der Waals surface area contributed by atoms with Gasteiger partial charge in [-0.15, -0.1) is 0 Å². The molecule has 0 aliphatic carbocycles. The molecule has 2 aliphatic heterocycles. The average Bonchev–Trinajstić information content (AvgIpc) is 3.85. The summed E-state index contributed by atoms with van der Waals surface area (Å²) in [6, 6.07) is 16.3. The number of nitrogens with zero attached hydrogens (tertiary/aromatic N) is 3. The smallest absolute Gasteiger partial charge is 0.318 e. The summed E-state index contributed by atoms with van der Waals surface area (Å²) in [4.78, 5) is 80.0. The highest BCUT2D eigenvalue weighted by Gasteiger charge is 2.53. The number of primary amides is 1. The fraction of sp³-hybridized carbons (Fsp3) is 0.438. The molecule has 7 amide bonds. The third kappa shape index (κ3) is 9.51. The van der Waals surface area contributed by atoms with Crippen LogP contribution in [0.25, 0.3) is 0 Å². The van der Waals surface area contributed by atoms with Gasteiger partial charge in [0.05, 0.1) is 0 Å². The lowest BCUT2D eigenvalue weighted by Gasteiger charge is -2.28. The Hall–Kier alpha value is -4.98. The highest BCUT2D eigenvalue weighted by atomic mass is 16.6. The summed E-state index contributed by atoms with van der Waals surface area (Å²) in [5, 5.41) is 5.80. The molecule has 2 saturated heterocycles. The number of hydrogen-bond acceptors (Lipinski definition) is 7. The van der Waals surface area contributed by atoms with E-state index in [2.05, 4.69) is 16.1 Å². The first kappa shape index (κ1) is 33.9. The second kappa shape index (κ2) is 15.8. The molecular weight excluding hydrogens is 594 g/mol. The quantitative estimate of drug-likeness (QED) is 0.192. The van der Waals surface area contributed by atoms with Crippen LogP contribution in [-0.2, 0) is 41.8 Å². The topological polar surface area (TPSA) is 187 Å². The number of benzene rings is 2. The monoisotopic (exact) mass is 635 g/mol. The fourth-order valence-corrected chi connectivity index (χ4v) is 5.04. The van der Waals surface area contributed by atoms with E-state index in [0.29, 0.717) is 18.1 Å². The van der Waals surface area contributed by atoms with Gasteiger partial charge in [-0.2, -0.15) is 0 Å². The number of hydrazine groups is 1. The first-order valence-electron chi connectivity index (χ1n) is 15.3. The number of carbonyl (C=O) groups is 6. The van der Waals surface area contributed by atoms with Crippen LogP contribution >= 0.6 is 0 Å². The van der Waals surface area contributed by atoms with E-state index in [1.54, 1.807) is 9.80 Å². The lowest BCUT2D eigenvalue weighted by atomic mass is 10.1. The summed E-state index contributed by atoms with van der Waals surface area (Å²) in [6.07, 6.45) is 0.454. The van der Waals surface area contributed by atoms with Crippen LogP contribution in [0.3, 0.4) is 0 Å². The Morgan fingerprint density at radius 2 is 1.30 bits per heavy atom. The molecular formula is C32H41N7O7. The van der Waals surface area contributed by atoms with Gasteiger partial charge in [0.15, 0.2) is 12.2 Å². The van der Waals surface area contributed by atoms with Gasteiger partial charge in [0.1, 0.15) is 18.6 Å². The molecule has 0 aromatic heterocycles. The van der Waals surface area contributed by atoms with Crippen LogP contribution in [0.1, 0.15) is 44.2 Å². The number of epoxide rings is 1. The third-order valence-corrected chi connectivity index (χ3v) is 7.68. The normalized spacial score (nSPS) is 18.3. The molecule has 2 fully saturated rings. The van der Waals surface area contributed by atoms with Crippen LogP contribution in [0.15, 0.2) is 60.7 Å². The van der Waals surface area contributed by atoms with E-state index in [1.165, 1.54) is 13.8 Å². The van der Waals surface area contributed by atoms with E-state index < -0.39 is 60.4 Å². The van der Waals surface area contributed by atoms with Crippen molar-refractivity contribution in [3.63, 3.8) is 0 Å². The molecule has 4 atom stereocenters. The Bertz CT molecular complexity index is 1360. The molecule has 0 spiro atoms.